The van der Waals surface area contributed by atoms with Crippen molar-refractivity contribution in [2.24, 2.45) is 11.8 Å². The summed E-state index contributed by atoms with van der Waals surface area (Å²) >= 11 is 12.8. The molecule has 1 fully saturated rings. The lowest BCUT2D eigenvalue weighted by molar-refractivity contribution is -0.143. The summed E-state index contributed by atoms with van der Waals surface area (Å²) < 4.78 is 11.0. The van der Waals surface area contributed by atoms with Crippen molar-refractivity contribution in [1.82, 2.24) is 5.16 Å². The number of ether oxygens (including phenoxy) is 1. The molecule has 0 radical (unpaired) electrons. The molecule has 1 aliphatic carbocycles. The van der Waals surface area contributed by atoms with E-state index in [1.54, 1.807) is 24.3 Å². The van der Waals surface area contributed by atoms with Gasteiger partial charge in [-0.1, -0.05) is 34.4 Å². The Morgan fingerprint density at radius 2 is 1.83 bits per heavy atom. The number of carbonyl (C=O) groups excluding carboxylic acids is 1. The molecule has 36 heavy (non-hydrogen) atoms. The number of nitrogens with zero attached hydrogens (tertiary/aromatic N) is 1. The number of carboxylic acids is 1. The van der Waals surface area contributed by atoms with Crippen LogP contribution >= 0.6 is 23.2 Å². The Labute approximate surface area is 219 Å². The van der Waals surface area contributed by atoms with E-state index in [4.69, 9.17) is 32.5 Å². The fourth-order valence-corrected chi connectivity index (χ4v) is 4.99. The highest BCUT2D eigenvalue weighted by atomic mass is 35.5. The van der Waals surface area contributed by atoms with E-state index in [0.717, 1.165) is 37.7 Å². The Hall–Kier alpha value is -3.03. The number of benzene rings is 2. The van der Waals surface area contributed by atoms with Gasteiger partial charge in [0.05, 0.1) is 22.1 Å². The van der Waals surface area contributed by atoms with Crippen LogP contribution in [0.2, 0.25) is 10.0 Å². The second-order valence-corrected chi connectivity index (χ2v) is 10.2. The summed E-state index contributed by atoms with van der Waals surface area (Å²) in [5, 5.41) is 16.7. The second-order valence-electron chi connectivity index (χ2n) is 9.42. The summed E-state index contributed by atoms with van der Waals surface area (Å²) in [5.74, 6) is 0.0156. The van der Waals surface area contributed by atoms with E-state index in [9.17, 15) is 14.7 Å². The number of hydrogen-bond acceptors (Lipinski definition) is 5. The van der Waals surface area contributed by atoms with Crippen molar-refractivity contribution in [2.45, 2.75) is 52.1 Å². The van der Waals surface area contributed by atoms with Crippen molar-refractivity contribution in [2.75, 3.05) is 5.32 Å². The normalized spacial score (nSPS) is 17.7. The number of nitrogens with one attached hydrogen (secondary N) is 1. The van der Waals surface area contributed by atoms with Crippen molar-refractivity contribution < 1.29 is 24.0 Å². The molecule has 0 unspecified atom stereocenters. The fourth-order valence-electron chi connectivity index (χ4n) is 4.46. The minimum Gasteiger partial charge on any atom is -0.489 e. The fraction of sp³-hybridized carbons (Fsp3) is 0.370. The topological polar surface area (TPSA) is 102 Å². The molecule has 0 bridgehead atoms. The van der Waals surface area contributed by atoms with Crippen LogP contribution < -0.4 is 10.1 Å². The number of anilines is 1. The summed E-state index contributed by atoms with van der Waals surface area (Å²) in [6.45, 7) is 3.81. The van der Waals surface area contributed by atoms with E-state index < -0.39 is 11.9 Å². The first-order chi connectivity index (χ1) is 17.2. The van der Waals surface area contributed by atoms with Gasteiger partial charge >= 0.3 is 5.97 Å². The molecule has 0 aliphatic heterocycles. The quantitative estimate of drug-likeness (QED) is 0.321. The molecule has 1 aliphatic rings. The van der Waals surface area contributed by atoms with Gasteiger partial charge in [0.2, 0.25) is 0 Å². The van der Waals surface area contributed by atoms with Crippen LogP contribution in [-0.2, 0) is 11.2 Å². The SMILES string of the molecule is CC(C)Oc1ccc(NC(=O)c2cc(-c3ccc(CC4CCC(C(=O)O)CC4)cc3Cl)on2)cc1Cl. The number of carboxylic acid groups (broad SMARTS) is 1. The van der Waals surface area contributed by atoms with E-state index in [0.29, 0.717) is 38.7 Å². The molecule has 0 spiro atoms. The van der Waals surface area contributed by atoms with Crippen LogP contribution in [0.1, 0.15) is 55.6 Å². The first-order valence-electron chi connectivity index (χ1n) is 12.0. The van der Waals surface area contributed by atoms with Crippen LogP contribution in [0.15, 0.2) is 47.0 Å². The Bertz CT molecular complexity index is 1250. The lowest BCUT2D eigenvalue weighted by atomic mass is 9.79. The molecular formula is C27H28Cl2N2O5. The third-order valence-corrected chi connectivity index (χ3v) is 6.92. The molecule has 4 rings (SSSR count). The van der Waals surface area contributed by atoms with Crippen LogP contribution in [0.3, 0.4) is 0 Å². The highest BCUT2D eigenvalue weighted by Gasteiger charge is 2.26. The molecular weight excluding hydrogens is 503 g/mol. The number of aromatic nitrogens is 1. The zero-order chi connectivity index (χ0) is 25.8. The van der Waals surface area contributed by atoms with Gasteiger partial charge in [0, 0.05) is 17.3 Å². The van der Waals surface area contributed by atoms with Crippen molar-refractivity contribution in [1.29, 1.82) is 0 Å². The van der Waals surface area contributed by atoms with Crippen molar-refractivity contribution in [3.05, 3.63) is 63.8 Å². The summed E-state index contributed by atoms with van der Waals surface area (Å²) in [7, 11) is 0. The average molecular weight is 531 g/mol. The van der Waals surface area contributed by atoms with E-state index in [1.165, 1.54) is 0 Å². The van der Waals surface area contributed by atoms with E-state index in [1.807, 2.05) is 32.0 Å². The highest BCUT2D eigenvalue weighted by molar-refractivity contribution is 6.33. The largest absolute Gasteiger partial charge is 0.489 e. The summed E-state index contributed by atoms with van der Waals surface area (Å²) in [5.41, 5.74) is 2.34. The highest BCUT2D eigenvalue weighted by Crippen LogP contribution is 2.34. The van der Waals surface area contributed by atoms with Crippen molar-refractivity contribution >= 4 is 40.8 Å². The summed E-state index contributed by atoms with van der Waals surface area (Å²) in [6, 6.07) is 12.3. The lowest BCUT2D eigenvalue weighted by Gasteiger charge is -2.26. The maximum absolute atomic E-state index is 12.7. The first-order valence-corrected chi connectivity index (χ1v) is 12.7. The Morgan fingerprint density at radius 1 is 1.08 bits per heavy atom. The van der Waals surface area contributed by atoms with Gasteiger partial charge < -0.3 is 19.7 Å². The standard InChI is InChI=1S/C27H28Cl2N2O5/c1-15(2)35-24-10-8-19(13-22(24)29)30-26(32)23-14-25(36-31-23)20-9-5-17(12-21(20)28)11-16-3-6-18(7-4-16)27(33)34/h5,8-10,12-16,18H,3-4,6-7,11H2,1-2H3,(H,30,32)(H,33,34). The first kappa shape index (κ1) is 26.0. The van der Waals surface area contributed by atoms with Crippen LogP contribution in [0.25, 0.3) is 11.3 Å². The Balaban J connectivity index is 1.39. The molecule has 190 valence electrons. The molecule has 0 saturated heterocycles. The molecule has 1 saturated carbocycles. The van der Waals surface area contributed by atoms with Gasteiger partial charge in [-0.2, -0.15) is 0 Å². The Kier molecular flexibility index (Phi) is 8.21. The molecule has 1 amide bonds. The van der Waals surface area contributed by atoms with E-state index in [-0.39, 0.29) is 17.7 Å². The van der Waals surface area contributed by atoms with Crippen LogP contribution in [0, 0.1) is 11.8 Å². The zero-order valence-corrected chi connectivity index (χ0v) is 21.6. The number of amides is 1. The van der Waals surface area contributed by atoms with Crippen LogP contribution in [-0.4, -0.2) is 28.2 Å². The third kappa shape index (κ3) is 6.39. The lowest BCUT2D eigenvalue weighted by Crippen LogP contribution is -2.22. The molecule has 9 heteroatoms. The maximum Gasteiger partial charge on any atom is 0.306 e. The second kappa shape index (κ2) is 11.4. The van der Waals surface area contributed by atoms with E-state index >= 15 is 0 Å². The van der Waals surface area contributed by atoms with Crippen molar-refractivity contribution in [3.8, 4) is 17.1 Å². The summed E-state index contributed by atoms with van der Waals surface area (Å²) in [4.78, 5) is 23.8. The number of rotatable bonds is 8. The predicted molar refractivity (Wildman–Crippen MR) is 139 cm³/mol. The monoisotopic (exact) mass is 530 g/mol. The number of halogens is 2. The zero-order valence-electron chi connectivity index (χ0n) is 20.1. The predicted octanol–water partition coefficient (Wildman–Crippen LogP) is 7.12. The smallest absolute Gasteiger partial charge is 0.306 e. The minimum absolute atomic E-state index is 0.0174. The summed E-state index contributed by atoms with van der Waals surface area (Å²) in [6.07, 6.45) is 4.06. The van der Waals surface area contributed by atoms with Crippen molar-refractivity contribution in [3.63, 3.8) is 0 Å². The minimum atomic E-state index is -0.695. The van der Waals surface area contributed by atoms with Gasteiger partial charge in [0.15, 0.2) is 11.5 Å². The molecule has 1 aromatic heterocycles. The molecule has 1 heterocycles. The van der Waals surface area contributed by atoms with Gasteiger partial charge in [-0.25, -0.2) is 0 Å². The van der Waals surface area contributed by atoms with Gasteiger partial charge in [0.1, 0.15) is 5.75 Å². The van der Waals surface area contributed by atoms with Crippen LogP contribution in [0.4, 0.5) is 5.69 Å². The van der Waals surface area contributed by atoms with Gasteiger partial charge in [-0.05, 0) is 87.8 Å². The van der Waals surface area contributed by atoms with Gasteiger partial charge in [-0.15, -0.1) is 0 Å². The van der Waals surface area contributed by atoms with Gasteiger partial charge in [-0.3, -0.25) is 9.59 Å². The molecule has 0 atom stereocenters. The van der Waals surface area contributed by atoms with Crippen LogP contribution in [0.5, 0.6) is 5.75 Å². The molecule has 7 nitrogen and oxygen atoms in total. The Morgan fingerprint density at radius 3 is 2.47 bits per heavy atom. The number of aliphatic carboxylic acids is 1. The number of carbonyl (C=O) groups is 2. The molecule has 3 aromatic rings. The molecule has 2 aromatic carbocycles. The maximum atomic E-state index is 12.7. The van der Waals surface area contributed by atoms with Gasteiger partial charge in [0.25, 0.3) is 5.91 Å². The van der Waals surface area contributed by atoms with E-state index in [2.05, 4.69) is 10.5 Å². The average Bonchev–Trinajstić information content (AvgIpc) is 3.31. The number of hydrogen-bond donors (Lipinski definition) is 2. The molecule has 2 N–H and O–H groups in total. The third-order valence-electron chi connectivity index (χ3n) is 6.31.